The monoisotopic (exact) mass is 423 g/mol. The molecule has 0 aromatic heterocycles. The molecular formula is C26H37N3O2. The first kappa shape index (κ1) is 23.3. The smallest absolute Gasteiger partial charge is 0.224 e. The van der Waals surface area contributed by atoms with Crippen LogP contribution in [0.1, 0.15) is 51.0 Å². The Morgan fingerprint density at radius 1 is 1.06 bits per heavy atom. The summed E-state index contributed by atoms with van der Waals surface area (Å²) in [4.78, 5) is 14.6. The van der Waals surface area contributed by atoms with E-state index in [1.165, 1.54) is 11.3 Å². The van der Waals surface area contributed by atoms with Crippen LogP contribution in [0.4, 0.5) is 11.4 Å². The van der Waals surface area contributed by atoms with Gasteiger partial charge >= 0.3 is 0 Å². The van der Waals surface area contributed by atoms with Crippen molar-refractivity contribution in [1.82, 2.24) is 5.32 Å². The third kappa shape index (κ3) is 8.00. The number of hydrogen-bond donors (Lipinski definition) is 3. The van der Waals surface area contributed by atoms with E-state index in [1.54, 1.807) is 0 Å². The highest BCUT2D eigenvalue weighted by Gasteiger charge is 2.19. The number of aryl methyl sites for hydroxylation is 1. The molecule has 1 heterocycles. The highest BCUT2D eigenvalue weighted by molar-refractivity contribution is 5.90. The van der Waals surface area contributed by atoms with Crippen molar-refractivity contribution >= 4 is 17.3 Å². The van der Waals surface area contributed by atoms with Gasteiger partial charge in [0, 0.05) is 43.5 Å². The lowest BCUT2D eigenvalue weighted by molar-refractivity contribution is -0.116. The first-order valence-electron chi connectivity index (χ1n) is 11.7. The minimum absolute atomic E-state index is 0.0852. The first-order valence-corrected chi connectivity index (χ1v) is 11.7. The van der Waals surface area contributed by atoms with E-state index in [4.69, 9.17) is 0 Å². The van der Waals surface area contributed by atoms with Gasteiger partial charge < -0.3 is 20.6 Å². The quantitative estimate of drug-likeness (QED) is 0.470. The Bertz CT molecular complexity index is 771. The molecule has 1 atom stereocenters. The molecule has 1 saturated heterocycles. The third-order valence-electron chi connectivity index (χ3n) is 6.09. The fraction of sp³-hybridized carbons (Fsp3) is 0.500. The zero-order valence-electron chi connectivity index (χ0n) is 18.7. The van der Waals surface area contributed by atoms with Crippen LogP contribution in [-0.4, -0.2) is 42.8 Å². The number of carbonyl (C=O) groups excluding carboxylic acids is 1. The summed E-state index contributed by atoms with van der Waals surface area (Å²) in [5.41, 5.74) is 3.40. The number of piperidine rings is 1. The number of anilines is 2. The second-order valence-electron chi connectivity index (χ2n) is 8.52. The zero-order valence-corrected chi connectivity index (χ0v) is 18.7. The summed E-state index contributed by atoms with van der Waals surface area (Å²) in [6.45, 7) is 4.70. The second-order valence-corrected chi connectivity index (χ2v) is 8.52. The third-order valence-corrected chi connectivity index (χ3v) is 6.09. The van der Waals surface area contributed by atoms with Crippen LogP contribution in [-0.2, 0) is 11.2 Å². The van der Waals surface area contributed by atoms with E-state index in [2.05, 4.69) is 51.9 Å². The largest absolute Gasteiger partial charge is 0.392 e. The lowest BCUT2D eigenvalue weighted by Crippen LogP contribution is -2.44. The Morgan fingerprint density at radius 3 is 2.45 bits per heavy atom. The number of nitrogens with zero attached hydrogens (tertiary/aromatic N) is 1. The Morgan fingerprint density at radius 2 is 1.77 bits per heavy atom. The van der Waals surface area contributed by atoms with E-state index in [0.717, 1.165) is 57.3 Å². The maximum atomic E-state index is 12.2. The van der Waals surface area contributed by atoms with E-state index >= 15 is 0 Å². The van der Waals surface area contributed by atoms with Gasteiger partial charge in [0.25, 0.3) is 0 Å². The van der Waals surface area contributed by atoms with E-state index in [0.29, 0.717) is 19.0 Å². The molecule has 1 amide bonds. The topological polar surface area (TPSA) is 64.6 Å². The standard InChI is InChI=1S/C26H37N3O2/c1-2-25(30)20-27-22-16-18-29(19-17-22)24-14-12-23(13-15-24)28-26(31)11-7-6-10-21-8-4-3-5-9-21/h3-5,8-9,12-15,22,25,27,30H,2,6-7,10-11,16-20H2,1H3,(H,28,31)/t25-/m1/s1. The van der Waals surface area contributed by atoms with E-state index in [1.807, 2.05) is 25.1 Å². The molecule has 168 valence electrons. The number of nitrogens with one attached hydrogen (secondary N) is 2. The summed E-state index contributed by atoms with van der Waals surface area (Å²) in [6.07, 6.45) is 6.22. The number of aliphatic hydroxyl groups excluding tert-OH is 1. The van der Waals surface area contributed by atoms with Crippen LogP contribution in [0.3, 0.4) is 0 Å². The molecule has 1 fully saturated rings. The fourth-order valence-electron chi connectivity index (χ4n) is 4.03. The van der Waals surface area contributed by atoms with Crippen molar-refractivity contribution in [1.29, 1.82) is 0 Å². The fourth-order valence-corrected chi connectivity index (χ4v) is 4.03. The van der Waals surface area contributed by atoms with E-state index < -0.39 is 0 Å². The maximum absolute atomic E-state index is 12.2. The molecule has 2 aromatic carbocycles. The van der Waals surface area contributed by atoms with Crippen LogP contribution >= 0.6 is 0 Å². The zero-order chi connectivity index (χ0) is 21.9. The van der Waals surface area contributed by atoms with Gasteiger partial charge in [-0.2, -0.15) is 0 Å². The minimum atomic E-state index is -0.246. The number of hydrogen-bond acceptors (Lipinski definition) is 4. The molecule has 0 radical (unpaired) electrons. The van der Waals surface area contributed by atoms with Gasteiger partial charge in [0.1, 0.15) is 0 Å². The molecule has 0 spiro atoms. The van der Waals surface area contributed by atoms with Crippen molar-refractivity contribution in [2.24, 2.45) is 0 Å². The van der Waals surface area contributed by atoms with Crippen LogP contribution in [0.25, 0.3) is 0 Å². The number of benzene rings is 2. The Hall–Kier alpha value is -2.37. The van der Waals surface area contributed by atoms with Gasteiger partial charge in [-0.25, -0.2) is 0 Å². The molecule has 5 nitrogen and oxygen atoms in total. The number of unbranched alkanes of at least 4 members (excludes halogenated alkanes) is 1. The highest BCUT2D eigenvalue weighted by Crippen LogP contribution is 2.22. The summed E-state index contributed by atoms with van der Waals surface area (Å²) in [5.74, 6) is 0.0852. The molecule has 2 aromatic rings. The summed E-state index contributed by atoms with van der Waals surface area (Å²) >= 11 is 0. The first-order chi connectivity index (χ1) is 15.1. The van der Waals surface area contributed by atoms with Crippen molar-refractivity contribution < 1.29 is 9.90 Å². The van der Waals surface area contributed by atoms with Crippen molar-refractivity contribution in [3.05, 3.63) is 60.2 Å². The molecule has 0 saturated carbocycles. The van der Waals surface area contributed by atoms with Gasteiger partial charge in [0.15, 0.2) is 0 Å². The normalized spacial score (nSPS) is 15.6. The van der Waals surface area contributed by atoms with Gasteiger partial charge in [0.2, 0.25) is 5.91 Å². The molecular weight excluding hydrogens is 386 g/mol. The summed E-state index contributed by atoms with van der Waals surface area (Å²) < 4.78 is 0. The lowest BCUT2D eigenvalue weighted by Gasteiger charge is -2.34. The van der Waals surface area contributed by atoms with Crippen LogP contribution in [0.5, 0.6) is 0 Å². The molecule has 0 bridgehead atoms. The van der Waals surface area contributed by atoms with Gasteiger partial charge in [-0.05, 0) is 68.4 Å². The lowest BCUT2D eigenvalue weighted by atomic mass is 10.0. The molecule has 3 rings (SSSR count). The minimum Gasteiger partial charge on any atom is -0.392 e. The maximum Gasteiger partial charge on any atom is 0.224 e. The van der Waals surface area contributed by atoms with Gasteiger partial charge in [0.05, 0.1) is 6.10 Å². The van der Waals surface area contributed by atoms with Crippen molar-refractivity contribution in [3.8, 4) is 0 Å². The molecule has 0 aliphatic carbocycles. The summed E-state index contributed by atoms with van der Waals surface area (Å²) in [7, 11) is 0. The highest BCUT2D eigenvalue weighted by atomic mass is 16.3. The van der Waals surface area contributed by atoms with Crippen LogP contribution in [0.15, 0.2) is 54.6 Å². The predicted molar refractivity (Wildman–Crippen MR) is 129 cm³/mol. The van der Waals surface area contributed by atoms with E-state index in [9.17, 15) is 9.90 Å². The van der Waals surface area contributed by atoms with Gasteiger partial charge in [-0.3, -0.25) is 4.79 Å². The van der Waals surface area contributed by atoms with Crippen molar-refractivity contribution in [2.45, 2.75) is 64.0 Å². The molecule has 31 heavy (non-hydrogen) atoms. The number of rotatable bonds is 11. The molecule has 1 aliphatic rings. The van der Waals surface area contributed by atoms with Crippen molar-refractivity contribution in [3.63, 3.8) is 0 Å². The number of carbonyl (C=O) groups is 1. The number of amides is 1. The number of aliphatic hydroxyl groups is 1. The van der Waals surface area contributed by atoms with Crippen molar-refractivity contribution in [2.75, 3.05) is 29.9 Å². The average molecular weight is 424 g/mol. The second kappa shape index (κ2) is 12.5. The molecule has 5 heteroatoms. The Labute approximate surface area is 186 Å². The molecule has 1 aliphatic heterocycles. The summed E-state index contributed by atoms with van der Waals surface area (Å²) in [6, 6.07) is 19.1. The SMILES string of the molecule is CC[C@@H](O)CNC1CCN(c2ccc(NC(=O)CCCCc3ccccc3)cc2)CC1. The van der Waals surface area contributed by atoms with Crippen LogP contribution < -0.4 is 15.5 Å². The van der Waals surface area contributed by atoms with Gasteiger partial charge in [-0.1, -0.05) is 37.3 Å². The molecule has 0 unspecified atom stereocenters. The summed E-state index contributed by atoms with van der Waals surface area (Å²) in [5, 5.41) is 16.2. The Kier molecular flexibility index (Phi) is 9.38. The molecule has 3 N–H and O–H groups in total. The Balaban J connectivity index is 1.34. The van der Waals surface area contributed by atoms with Crippen LogP contribution in [0.2, 0.25) is 0 Å². The predicted octanol–water partition coefficient (Wildman–Crippen LogP) is 4.37. The van der Waals surface area contributed by atoms with Crippen LogP contribution in [0, 0.1) is 0 Å². The average Bonchev–Trinajstić information content (AvgIpc) is 2.82. The van der Waals surface area contributed by atoms with Gasteiger partial charge in [-0.15, -0.1) is 0 Å². The van der Waals surface area contributed by atoms with E-state index in [-0.39, 0.29) is 12.0 Å².